The van der Waals surface area contributed by atoms with Crippen LogP contribution in [0.1, 0.15) is 43.0 Å². The van der Waals surface area contributed by atoms with Crippen molar-refractivity contribution in [1.82, 2.24) is 9.47 Å². The molecule has 10 nitrogen and oxygen atoms in total. The zero-order valence-corrected chi connectivity index (χ0v) is 18.2. The molecule has 34 heavy (non-hydrogen) atoms. The van der Waals surface area contributed by atoms with Gasteiger partial charge >= 0.3 is 11.9 Å². The van der Waals surface area contributed by atoms with Crippen LogP contribution in [0.3, 0.4) is 0 Å². The molecule has 2 aliphatic rings. The fraction of sp³-hybridized carbons (Fsp3) is 0.250. The van der Waals surface area contributed by atoms with Crippen molar-refractivity contribution in [3.8, 4) is 11.8 Å². The zero-order valence-electron chi connectivity index (χ0n) is 18.2. The molecule has 0 atom stereocenters. The number of hydrogen-bond donors (Lipinski definition) is 2. The Balaban J connectivity index is 1.55. The number of fused-ring (bicyclic) bond motifs is 3. The van der Waals surface area contributed by atoms with Crippen molar-refractivity contribution in [2.24, 2.45) is 0 Å². The van der Waals surface area contributed by atoms with E-state index in [2.05, 4.69) is 13.2 Å². The van der Waals surface area contributed by atoms with Gasteiger partial charge in [0.1, 0.15) is 13.2 Å². The third-order valence-corrected chi connectivity index (χ3v) is 5.89. The largest absolute Gasteiger partial charge is 0.494 e. The highest BCUT2D eigenvalue weighted by molar-refractivity contribution is 6.21. The maximum absolute atomic E-state index is 12.8. The number of imide groups is 1. The molecule has 2 aromatic rings. The van der Waals surface area contributed by atoms with Gasteiger partial charge in [-0.15, -0.1) is 0 Å². The molecule has 0 radical (unpaired) electrons. The summed E-state index contributed by atoms with van der Waals surface area (Å²) in [5.74, 6) is -2.54. The molecule has 10 heteroatoms. The predicted molar refractivity (Wildman–Crippen MR) is 117 cm³/mol. The van der Waals surface area contributed by atoms with Crippen LogP contribution < -0.4 is 0 Å². The second-order valence-corrected chi connectivity index (χ2v) is 7.78. The first-order valence-corrected chi connectivity index (χ1v) is 10.5. The van der Waals surface area contributed by atoms with E-state index in [0.29, 0.717) is 11.1 Å². The van der Waals surface area contributed by atoms with E-state index in [9.17, 15) is 29.4 Å². The second-order valence-electron chi connectivity index (χ2n) is 7.78. The van der Waals surface area contributed by atoms with Crippen molar-refractivity contribution in [1.29, 1.82) is 0 Å². The van der Waals surface area contributed by atoms with E-state index in [4.69, 9.17) is 9.47 Å². The van der Waals surface area contributed by atoms with Crippen molar-refractivity contribution < 1.29 is 38.9 Å². The minimum absolute atomic E-state index is 0.0411. The first-order chi connectivity index (χ1) is 16.3. The summed E-state index contributed by atoms with van der Waals surface area (Å²) in [5, 5.41) is 21.3. The number of carbonyl (C=O) groups is 4. The highest BCUT2D eigenvalue weighted by Crippen LogP contribution is 2.42. The summed E-state index contributed by atoms with van der Waals surface area (Å²) >= 11 is 0. The molecule has 0 spiro atoms. The minimum atomic E-state index is -0.646. The summed E-state index contributed by atoms with van der Waals surface area (Å²) in [6, 6.07) is 3.26. The van der Waals surface area contributed by atoms with Crippen LogP contribution in [0.25, 0.3) is 0 Å². The van der Waals surface area contributed by atoms with Crippen LogP contribution in [0.15, 0.2) is 37.4 Å². The molecule has 176 valence electrons. The molecule has 2 heterocycles. The Morgan fingerprint density at radius 1 is 0.853 bits per heavy atom. The van der Waals surface area contributed by atoms with Gasteiger partial charge in [0.15, 0.2) is 11.8 Å². The zero-order chi connectivity index (χ0) is 24.6. The number of rotatable bonds is 8. The summed E-state index contributed by atoms with van der Waals surface area (Å²) < 4.78 is 11.0. The van der Waals surface area contributed by atoms with E-state index < -0.39 is 23.8 Å². The van der Waals surface area contributed by atoms with Gasteiger partial charge in [-0.25, -0.2) is 9.59 Å². The van der Waals surface area contributed by atoms with E-state index in [-0.39, 0.29) is 62.0 Å². The third kappa shape index (κ3) is 3.83. The van der Waals surface area contributed by atoms with Gasteiger partial charge < -0.3 is 19.7 Å². The molecule has 0 fully saturated rings. The molecule has 1 aromatic carbocycles. The Morgan fingerprint density at radius 2 is 1.29 bits per heavy atom. The standard InChI is InChI=1S/C24H22N2O8/c1-3-19(27)33-7-5-25-21(29)15-9-13-11-17-18(12-14(13)10-16(15)22(25)30)24(32)26(23(17)31)6-8-34-20(28)4-2/h3-4,9-10,31-32H,1-2,5-8,11-12H2. The lowest BCUT2D eigenvalue weighted by Crippen LogP contribution is -2.33. The van der Waals surface area contributed by atoms with Crippen molar-refractivity contribution in [2.75, 3.05) is 19.8 Å². The highest BCUT2D eigenvalue weighted by Gasteiger charge is 2.38. The number of aromatic nitrogens is 1. The molecule has 2 N–H and O–H groups in total. The lowest BCUT2D eigenvalue weighted by molar-refractivity contribution is -0.138. The monoisotopic (exact) mass is 466 g/mol. The van der Waals surface area contributed by atoms with Crippen LogP contribution in [0, 0.1) is 0 Å². The Morgan fingerprint density at radius 3 is 1.74 bits per heavy atom. The average Bonchev–Trinajstić information content (AvgIpc) is 3.20. The van der Waals surface area contributed by atoms with Crippen LogP contribution in [0.5, 0.6) is 11.8 Å². The summed E-state index contributed by atoms with van der Waals surface area (Å²) in [4.78, 5) is 49.1. The van der Waals surface area contributed by atoms with E-state index in [0.717, 1.165) is 28.2 Å². The molecular formula is C24H22N2O8. The molecule has 0 unspecified atom stereocenters. The number of carbonyl (C=O) groups excluding carboxylic acids is 4. The van der Waals surface area contributed by atoms with Gasteiger partial charge in [-0.1, -0.05) is 13.2 Å². The van der Waals surface area contributed by atoms with Gasteiger partial charge in [0.05, 0.1) is 24.2 Å². The topological polar surface area (TPSA) is 135 Å². The van der Waals surface area contributed by atoms with Crippen LogP contribution in [-0.2, 0) is 38.4 Å². The molecule has 1 aromatic heterocycles. The quantitative estimate of drug-likeness (QED) is 0.289. The number of hydrogen-bond acceptors (Lipinski definition) is 8. The van der Waals surface area contributed by atoms with E-state index >= 15 is 0 Å². The van der Waals surface area contributed by atoms with Crippen LogP contribution in [0.4, 0.5) is 0 Å². The Bertz CT molecular complexity index is 1190. The third-order valence-electron chi connectivity index (χ3n) is 5.89. The fourth-order valence-electron chi connectivity index (χ4n) is 4.21. The number of amides is 2. The highest BCUT2D eigenvalue weighted by atomic mass is 16.5. The van der Waals surface area contributed by atoms with E-state index in [1.54, 1.807) is 12.1 Å². The molecule has 1 aliphatic heterocycles. The second kappa shape index (κ2) is 8.89. The predicted octanol–water partition coefficient (Wildman–Crippen LogP) is 1.45. The van der Waals surface area contributed by atoms with Gasteiger partial charge in [0.25, 0.3) is 11.8 Å². The summed E-state index contributed by atoms with van der Waals surface area (Å²) in [6.07, 6.45) is 2.51. The van der Waals surface area contributed by atoms with E-state index in [1.807, 2.05) is 0 Å². The van der Waals surface area contributed by atoms with Gasteiger partial charge in [0.2, 0.25) is 0 Å². The molecular weight excluding hydrogens is 444 g/mol. The number of aromatic hydroxyl groups is 2. The number of benzene rings is 1. The normalized spacial score (nSPS) is 13.7. The lowest BCUT2D eigenvalue weighted by Gasteiger charge is -2.17. The minimum Gasteiger partial charge on any atom is -0.494 e. The fourth-order valence-corrected chi connectivity index (χ4v) is 4.21. The molecule has 1 aliphatic carbocycles. The van der Waals surface area contributed by atoms with Crippen molar-refractivity contribution in [3.63, 3.8) is 0 Å². The van der Waals surface area contributed by atoms with Gasteiger partial charge in [0, 0.05) is 36.1 Å². The number of ether oxygens (including phenoxy) is 2. The molecule has 2 amide bonds. The van der Waals surface area contributed by atoms with Crippen molar-refractivity contribution in [2.45, 2.75) is 19.4 Å². The lowest BCUT2D eigenvalue weighted by atomic mass is 9.85. The SMILES string of the molecule is C=CC(=O)OCCN1C(=O)c2cc3c(cc2C1=O)Cc1c(c(O)n(CCOC(=O)C=C)c1O)C3. The first-order valence-electron chi connectivity index (χ1n) is 10.5. The van der Waals surface area contributed by atoms with Crippen molar-refractivity contribution in [3.05, 3.63) is 70.8 Å². The van der Waals surface area contributed by atoms with E-state index in [1.165, 1.54) is 4.57 Å². The Hall–Kier alpha value is -4.34. The number of esters is 2. The molecule has 0 bridgehead atoms. The van der Waals surface area contributed by atoms with Crippen LogP contribution in [0.2, 0.25) is 0 Å². The first kappa shape index (κ1) is 22.8. The van der Waals surface area contributed by atoms with Gasteiger partial charge in [-0.05, 0) is 23.3 Å². The van der Waals surface area contributed by atoms with Crippen molar-refractivity contribution >= 4 is 23.8 Å². The molecule has 0 saturated carbocycles. The summed E-state index contributed by atoms with van der Waals surface area (Å²) in [5.41, 5.74) is 2.98. The maximum atomic E-state index is 12.8. The Labute approximate surface area is 194 Å². The molecule has 0 saturated heterocycles. The summed E-state index contributed by atoms with van der Waals surface area (Å²) in [7, 11) is 0. The van der Waals surface area contributed by atoms with Crippen LogP contribution >= 0.6 is 0 Å². The summed E-state index contributed by atoms with van der Waals surface area (Å²) in [6.45, 7) is 6.35. The van der Waals surface area contributed by atoms with Crippen LogP contribution in [-0.4, -0.2) is 63.2 Å². The number of nitrogens with zero attached hydrogens (tertiary/aromatic N) is 2. The smallest absolute Gasteiger partial charge is 0.330 e. The molecule has 4 rings (SSSR count). The maximum Gasteiger partial charge on any atom is 0.330 e. The Kier molecular flexibility index (Phi) is 5.97. The van der Waals surface area contributed by atoms with Gasteiger partial charge in [-0.2, -0.15) is 0 Å². The average molecular weight is 466 g/mol. The van der Waals surface area contributed by atoms with Gasteiger partial charge in [-0.3, -0.25) is 19.1 Å².